The summed E-state index contributed by atoms with van der Waals surface area (Å²) in [4.78, 5) is 31.9. The van der Waals surface area contributed by atoms with E-state index >= 15 is 0 Å². The zero-order valence-corrected chi connectivity index (χ0v) is 22.0. The summed E-state index contributed by atoms with van der Waals surface area (Å²) in [5, 5.41) is 0. The van der Waals surface area contributed by atoms with Crippen molar-refractivity contribution in [1.82, 2.24) is 9.47 Å². The van der Waals surface area contributed by atoms with Crippen LogP contribution in [-0.4, -0.2) is 32.3 Å². The number of nitrogens with zero attached hydrogens (tertiary/aromatic N) is 3. The number of aromatic nitrogens is 1. The topological polar surface area (TPSA) is 45.6 Å². The highest BCUT2D eigenvalue weighted by atomic mass is 32.2. The van der Waals surface area contributed by atoms with Gasteiger partial charge in [-0.25, -0.2) is 0 Å². The number of thioether (sulfide) groups is 1. The van der Waals surface area contributed by atoms with Crippen molar-refractivity contribution in [1.29, 1.82) is 0 Å². The average molecular weight is 512 g/mol. The van der Waals surface area contributed by atoms with Crippen molar-refractivity contribution in [2.45, 2.75) is 65.0 Å². The SMILES string of the molecule is CCCn1c(=O)/c(=C2/C=Cc3ccccc3N2CC)s/c1=C1\SC(=S)N(C2CCCCC2)C1=O. The van der Waals surface area contributed by atoms with Gasteiger partial charge in [0.1, 0.15) is 18.4 Å². The highest BCUT2D eigenvalue weighted by Crippen LogP contribution is 2.37. The van der Waals surface area contributed by atoms with E-state index in [0.29, 0.717) is 20.3 Å². The van der Waals surface area contributed by atoms with Crippen LogP contribution in [0.5, 0.6) is 0 Å². The van der Waals surface area contributed by atoms with E-state index in [2.05, 4.69) is 37.0 Å². The molecule has 178 valence electrons. The predicted octanol–water partition coefficient (Wildman–Crippen LogP) is 4.28. The maximum absolute atomic E-state index is 13.7. The van der Waals surface area contributed by atoms with Gasteiger partial charge in [0.2, 0.25) is 0 Å². The molecule has 0 spiro atoms. The van der Waals surface area contributed by atoms with Gasteiger partial charge in [0.25, 0.3) is 11.5 Å². The lowest BCUT2D eigenvalue weighted by Gasteiger charge is -2.29. The van der Waals surface area contributed by atoms with Crippen LogP contribution in [0.4, 0.5) is 5.69 Å². The number of likely N-dealkylation sites (N-methyl/N-ethyl adjacent to an activating group) is 1. The van der Waals surface area contributed by atoms with Crippen molar-refractivity contribution in [3.05, 3.63) is 55.5 Å². The molecule has 34 heavy (non-hydrogen) atoms. The minimum Gasteiger partial charge on any atom is -0.340 e. The van der Waals surface area contributed by atoms with Gasteiger partial charge in [-0.2, -0.15) is 0 Å². The van der Waals surface area contributed by atoms with Gasteiger partial charge >= 0.3 is 0 Å². The van der Waals surface area contributed by atoms with Crippen LogP contribution < -0.4 is 19.7 Å². The number of para-hydroxylation sites is 1. The summed E-state index contributed by atoms with van der Waals surface area (Å²) in [5.41, 5.74) is 3.11. The highest BCUT2D eigenvalue weighted by Gasteiger charge is 2.39. The summed E-state index contributed by atoms with van der Waals surface area (Å²) in [6, 6.07) is 8.42. The third kappa shape index (κ3) is 3.99. The van der Waals surface area contributed by atoms with E-state index in [1.165, 1.54) is 29.5 Å². The summed E-state index contributed by atoms with van der Waals surface area (Å²) in [6.07, 6.45) is 10.4. The van der Waals surface area contributed by atoms with Crippen LogP contribution in [-0.2, 0) is 11.3 Å². The first-order valence-corrected chi connectivity index (χ1v) is 14.2. The molecule has 0 radical (unpaired) electrons. The Morgan fingerprint density at radius 2 is 1.82 bits per heavy atom. The minimum absolute atomic E-state index is 0.0257. The lowest BCUT2D eigenvalue weighted by molar-refractivity contribution is -0.122. The first kappa shape index (κ1) is 23.6. The summed E-state index contributed by atoms with van der Waals surface area (Å²) in [7, 11) is 0. The van der Waals surface area contributed by atoms with Crippen LogP contribution >= 0.6 is 35.3 Å². The van der Waals surface area contributed by atoms with Gasteiger partial charge in [0, 0.05) is 24.8 Å². The first-order valence-electron chi connectivity index (χ1n) is 12.1. The molecule has 1 saturated heterocycles. The van der Waals surface area contributed by atoms with Gasteiger partial charge in [0.05, 0.1) is 5.70 Å². The molecule has 1 amide bonds. The summed E-state index contributed by atoms with van der Waals surface area (Å²) >= 11 is 8.47. The van der Waals surface area contributed by atoms with E-state index in [0.717, 1.165) is 60.3 Å². The largest absolute Gasteiger partial charge is 0.340 e. The Kier molecular flexibility index (Phi) is 6.82. The van der Waals surface area contributed by atoms with E-state index in [-0.39, 0.29) is 17.5 Å². The molecule has 0 bridgehead atoms. The zero-order valence-electron chi connectivity index (χ0n) is 19.6. The number of anilines is 1. The van der Waals surface area contributed by atoms with Crippen molar-refractivity contribution >= 4 is 67.9 Å². The molecule has 2 fully saturated rings. The van der Waals surface area contributed by atoms with Crippen molar-refractivity contribution in [2.75, 3.05) is 11.4 Å². The summed E-state index contributed by atoms with van der Waals surface area (Å²) in [6.45, 7) is 5.49. The van der Waals surface area contributed by atoms with Gasteiger partial charge in [-0.05, 0) is 43.9 Å². The maximum Gasteiger partial charge on any atom is 0.271 e. The molecule has 1 aromatic heterocycles. The molecule has 8 heteroatoms. The zero-order chi connectivity index (χ0) is 23.8. The number of hydrogen-bond donors (Lipinski definition) is 0. The van der Waals surface area contributed by atoms with Crippen LogP contribution in [0.3, 0.4) is 0 Å². The van der Waals surface area contributed by atoms with Crippen LogP contribution in [0.25, 0.3) is 16.7 Å². The Hall–Kier alpha value is -2.16. The number of hydrogen-bond acceptors (Lipinski definition) is 6. The molecule has 2 aliphatic heterocycles. The highest BCUT2D eigenvalue weighted by molar-refractivity contribution is 8.30. The van der Waals surface area contributed by atoms with Crippen molar-refractivity contribution in [2.24, 2.45) is 0 Å². The van der Waals surface area contributed by atoms with Crippen LogP contribution in [0.1, 0.15) is 57.9 Å². The minimum atomic E-state index is -0.0265. The average Bonchev–Trinajstić information content (AvgIpc) is 3.34. The maximum atomic E-state index is 13.7. The van der Waals surface area contributed by atoms with Crippen molar-refractivity contribution < 1.29 is 4.79 Å². The molecular weight excluding hydrogens is 483 g/mol. The van der Waals surface area contributed by atoms with Gasteiger partial charge in [-0.3, -0.25) is 19.1 Å². The fraction of sp³-hybridized carbons (Fsp3) is 0.423. The smallest absolute Gasteiger partial charge is 0.271 e. The second-order valence-electron chi connectivity index (χ2n) is 8.88. The molecule has 0 atom stereocenters. The Labute approximate surface area is 213 Å². The number of carbonyl (C=O) groups excluding carboxylic acids is 1. The molecular formula is C26H29N3O2S3. The second kappa shape index (κ2) is 9.84. The Bertz CT molecular complexity index is 1350. The third-order valence-corrected chi connectivity index (χ3v) is 9.48. The number of thiazole rings is 1. The Balaban J connectivity index is 1.69. The van der Waals surface area contributed by atoms with E-state index in [1.807, 2.05) is 23.1 Å². The number of amides is 1. The molecule has 0 unspecified atom stereocenters. The normalized spacial score (nSPS) is 22.1. The van der Waals surface area contributed by atoms with Gasteiger partial charge in [0.15, 0.2) is 0 Å². The molecule has 3 aliphatic rings. The number of carbonyl (C=O) groups is 1. The van der Waals surface area contributed by atoms with Crippen LogP contribution in [0, 0.1) is 0 Å². The molecule has 0 N–H and O–H groups in total. The molecule has 5 nitrogen and oxygen atoms in total. The monoisotopic (exact) mass is 511 g/mol. The van der Waals surface area contributed by atoms with E-state index in [9.17, 15) is 9.59 Å². The van der Waals surface area contributed by atoms with Gasteiger partial charge in [-0.1, -0.05) is 74.4 Å². The number of fused-ring (bicyclic) bond motifs is 1. The molecule has 3 heterocycles. The lowest BCUT2D eigenvalue weighted by atomic mass is 9.94. The molecule has 1 aliphatic carbocycles. The number of benzene rings is 1. The fourth-order valence-corrected chi connectivity index (χ4v) is 7.89. The first-order chi connectivity index (χ1) is 16.5. The Morgan fingerprint density at radius 1 is 1.06 bits per heavy atom. The molecule has 2 aromatic rings. The molecule has 5 rings (SSSR count). The van der Waals surface area contributed by atoms with E-state index in [1.54, 1.807) is 4.57 Å². The fourth-order valence-electron chi connectivity index (χ4n) is 5.13. The third-order valence-electron chi connectivity index (χ3n) is 6.75. The summed E-state index contributed by atoms with van der Waals surface area (Å²) in [5.74, 6) is -0.0265. The number of rotatable bonds is 4. The second-order valence-corrected chi connectivity index (χ2v) is 11.5. The van der Waals surface area contributed by atoms with Crippen molar-refractivity contribution in [3.8, 4) is 0 Å². The summed E-state index contributed by atoms with van der Waals surface area (Å²) < 4.78 is 3.85. The van der Waals surface area contributed by atoms with Crippen LogP contribution in [0.2, 0.25) is 0 Å². The molecule has 1 aromatic carbocycles. The quantitative estimate of drug-likeness (QED) is 0.574. The van der Waals surface area contributed by atoms with E-state index < -0.39 is 0 Å². The predicted molar refractivity (Wildman–Crippen MR) is 147 cm³/mol. The lowest BCUT2D eigenvalue weighted by Crippen LogP contribution is -2.40. The standard InChI is InChI=1S/C26H29N3O2S3/c1-3-16-28-23(30)21(20-15-14-17-10-8-9-13-19(17)27(20)4-2)33-25(28)22-24(31)29(26(32)34-22)18-11-6-5-7-12-18/h8-10,13-15,18H,3-7,11-12,16H2,1-2H3/b21-20+,25-22-. The van der Waals surface area contributed by atoms with Crippen molar-refractivity contribution in [3.63, 3.8) is 0 Å². The van der Waals surface area contributed by atoms with E-state index in [4.69, 9.17) is 12.2 Å². The number of thiocarbonyl (C=S) groups is 1. The molecule has 1 saturated carbocycles. The van der Waals surface area contributed by atoms with Crippen LogP contribution in [0.15, 0.2) is 35.1 Å². The van der Waals surface area contributed by atoms with Gasteiger partial charge < -0.3 is 4.90 Å². The Morgan fingerprint density at radius 3 is 2.56 bits per heavy atom. The van der Waals surface area contributed by atoms with Gasteiger partial charge in [-0.15, -0.1) is 11.3 Å².